The topological polar surface area (TPSA) is 58.6 Å². The van der Waals surface area contributed by atoms with Crippen molar-refractivity contribution < 1.29 is 14.3 Å². The van der Waals surface area contributed by atoms with Crippen molar-refractivity contribution in [3.05, 3.63) is 39.0 Å². The number of thiophene rings is 1. The van der Waals surface area contributed by atoms with Crippen molar-refractivity contribution in [1.29, 1.82) is 0 Å². The van der Waals surface area contributed by atoms with Gasteiger partial charge in [-0.25, -0.2) is 0 Å². The Bertz CT molecular complexity index is 760. The molecule has 0 spiro atoms. The lowest BCUT2D eigenvalue weighted by Crippen LogP contribution is -2.24. The van der Waals surface area contributed by atoms with Crippen LogP contribution in [-0.4, -0.2) is 25.5 Å². The van der Waals surface area contributed by atoms with Crippen molar-refractivity contribution in [2.75, 3.05) is 23.9 Å². The van der Waals surface area contributed by atoms with Gasteiger partial charge < -0.3 is 15.0 Å². The molecule has 1 saturated heterocycles. The maximum atomic E-state index is 12.2. The molecule has 5 nitrogen and oxygen atoms in total. The minimum Gasteiger partial charge on any atom is -0.494 e. The number of ether oxygens (including phenoxy) is 1. The largest absolute Gasteiger partial charge is 0.494 e. The van der Waals surface area contributed by atoms with Gasteiger partial charge in [-0.15, -0.1) is 11.3 Å². The Labute approximate surface area is 146 Å². The summed E-state index contributed by atoms with van der Waals surface area (Å²) >= 11 is 4.71. The van der Waals surface area contributed by atoms with E-state index in [0.29, 0.717) is 29.3 Å². The number of amides is 2. The SMILES string of the molecule is COc1cc(NC(=O)c2ccc(Br)s2)ccc1N1CCCC1=O. The summed E-state index contributed by atoms with van der Waals surface area (Å²) in [5, 5.41) is 2.84. The number of nitrogens with one attached hydrogen (secondary N) is 1. The summed E-state index contributed by atoms with van der Waals surface area (Å²) in [5.74, 6) is 0.502. The molecule has 2 amide bonds. The Morgan fingerprint density at radius 3 is 2.78 bits per heavy atom. The van der Waals surface area contributed by atoms with Crippen molar-refractivity contribution in [1.82, 2.24) is 0 Å². The fraction of sp³-hybridized carbons (Fsp3) is 0.250. The second kappa shape index (κ2) is 6.72. The van der Waals surface area contributed by atoms with Crippen LogP contribution in [0.5, 0.6) is 5.75 Å². The van der Waals surface area contributed by atoms with E-state index in [-0.39, 0.29) is 11.8 Å². The number of hydrogen-bond acceptors (Lipinski definition) is 4. The molecule has 1 aromatic heterocycles. The van der Waals surface area contributed by atoms with Crippen molar-refractivity contribution in [3.63, 3.8) is 0 Å². The first-order chi connectivity index (χ1) is 11.1. The molecule has 23 heavy (non-hydrogen) atoms. The molecule has 2 aromatic rings. The first-order valence-corrected chi connectivity index (χ1v) is 8.74. The van der Waals surface area contributed by atoms with Gasteiger partial charge in [-0.05, 0) is 46.6 Å². The molecule has 0 radical (unpaired) electrons. The molecule has 0 aliphatic carbocycles. The third kappa shape index (κ3) is 3.40. The van der Waals surface area contributed by atoms with E-state index in [1.165, 1.54) is 11.3 Å². The molecule has 1 fully saturated rings. The van der Waals surface area contributed by atoms with Gasteiger partial charge in [0.25, 0.3) is 5.91 Å². The first kappa shape index (κ1) is 16.0. The van der Waals surface area contributed by atoms with E-state index in [4.69, 9.17) is 4.74 Å². The van der Waals surface area contributed by atoms with Crippen LogP contribution in [0.1, 0.15) is 22.5 Å². The molecular weight excluding hydrogens is 380 g/mol. The third-order valence-electron chi connectivity index (χ3n) is 3.60. The van der Waals surface area contributed by atoms with Gasteiger partial charge in [0.15, 0.2) is 0 Å². The Balaban J connectivity index is 1.81. The lowest BCUT2D eigenvalue weighted by atomic mass is 10.2. The van der Waals surface area contributed by atoms with Crippen LogP contribution in [0.2, 0.25) is 0 Å². The highest BCUT2D eigenvalue weighted by molar-refractivity contribution is 9.11. The number of hydrogen-bond donors (Lipinski definition) is 1. The number of carbonyl (C=O) groups excluding carboxylic acids is 2. The fourth-order valence-corrected chi connectivity index (χ4v) is 3.79. The molecule has 120 valence electrons. The number of methoxy groups -OCH3 is 1. The van der Waals surface area contributed by atoms with Gasteiger partial charge in [-0.3, -0.25) is 9.59 Å². The van der Waals surface area contributed by atoms with E-state index in [1.54, 1.807) is 30.2 Å². The van der Waals surface area contributed by atoms with E-state index in [9.17, 15) is 9.59 Å². The molecule has 0 unspecified atom stereocenters. The van der Waals surface area contributed by atoms with Crippen LogP contribution in [-0.2, 0) is 4.79 Å². The quantitative estimate of drug-likeness (QED) is 0.855. The zero-order chi connectivity index (χ0) is 16.4. The van der Waals surface area contributed by atoms with Crippen LogP contribution in [0.25, 0.3) is 0 Å². The second-order valence-corrected chi connectivity index (χ2v) is 7.56. The summed E-state index contributed by atoms with van der Waals surface area (Å²) in [6.07, 6.45) is 1.42. The van der Waals surface area contributed by atoms with Crippen LogP contribution in [0.4, 0.5) is 11.4 Å². The summed E-state index contributed by atoms with van der Waals surface area (Å²) in [5.41, 5.74) is 1.37. The summed E-state index contributed by atoms with van der Waals surface area (Å²) < 4.78 is 6.29. The fourth-order valence-electron chi connectivity index (χ4n) is 2.51. The molecule has 0 saturated carbocycles. The van der Waals surface area contributed by atoms with Crippen molar-refractivity contribution >= 4 is 50.5 Å². The zero-order valence-corrected chi connectivity index (χ0v) is 14.9. The monoisotopic (exact) mass is 394 g/mol. The number of halogens is 1. The molecule has 0 bridgehead atoms. The Morgan fingerprint density at radius 2 is 2.17 bits per heavy atom. The highest BCUT2D eigenvalue weighted by Gasteiger charge is 2.24. The number of benzene rings is 1. The Kier molecular flexibility index (Phi) is 4.68. The van der Waals surface area contributed by atoms with E-state index < -0.39 is 0 Å². The average molecular weight is 395 g/mol. The van der Waals surface area contributed by atoms with Crippen molar-refractivity contribution in [2.45, 2.75) is 12.8 Å². The molecule has 1 aliphatic heterocycles. The summed E-state index contributed by atoms with van der Waals surface area (Å²) in [7, 11) is 1.56. The summed E-state index contributed by atoms with van der Waals surface area (Å²) in [4.78, 5) is 26.4. The number of carbonyl (C=O) groups is 2. The maximum Gasteiger partial charge on any atom is 0.265 e. The molecule has 7 heteroatoms. The van der Waals surface area contributed by atoms with Crippen molar-refractivity contribution in [2.24, 2.45) is 0 Å². The first-order valence-electron chi connectivity index (χ1n) is 7.13. The lowest BCUT2D eigenvalue weighted by Gasteiger charge is -2.19. The van der Waals surface area contributed by atoms with Crippen LogP contribution in [0.15, 0.2) is 34.1 Å². The number of rotatable bonds is 4. The van der Waals surface area contributed by atoms with Gasteiger partial charge in [-0.2, -0.15) is 0 Å². The smallest absolute Gasteiger partial charge is 0.265 e. The summed E-state index contributed by atoms with van der Waals surface area (Å²) in [6, 6.07) is 8.92. The Morgan fingerprint density at radius 1 is 1.35 bits per heavy atom. The maximum absolute atomic E-state index is 12.2. The molecular formula is C16H15BrN2O3S. The van der Waals surface area contributed by atoms with Gasteiger partial charge in [-0.1, -0.05) is 0 Å². The lowest BCUT2D eigenvalue weighted by molar-refractivity contribution is -0.117. The molecule has 3 rings (SSSR count). The number of nitrogens with zero attached hydrogens (tertiary/aromatic N) is 1. The molecule has 1 aromatic carbocycles. The Hall–Kier alpha value is -1.86. The molecule has 0 atom stereocenters. The predicted octanol–water partition coefficient (Wildman–Crippen LogP) is 3.90. The zero-order valence-electron chi connectivity index (χ0n) is 12.5. The minimum atomic E-state index is -0.173. The summed E-state index contributed by atoms with van der Waals surface area (Å²) in [6.45, 7) is 0.699. The highest BCUT2D eigenvalue weighted by atomic mass is 79.9. The average Bonchev–Trinajstić information content (AvgIpc) is 3.16. The van der Waals surface area contributed by atoms with Crippen molar-refractivity contribution in [3.8, 4) is 5.75 Å². The second-order valence-electron chi connectivity index (χ2n) is 5.09. The van der Waals surface area contributed by atoms with E-state index in [0.717, 1.165) is 15.9 Å². The van der Waals surface area contributed by atoms with Crippen LogP contribution in [0.3, 0.4) is 0 Å². The predicted molar refractivity (Wildman–Crippen MR) is 94.6 cm³/mol. The van der Waals surface area contributed by atoms with Gasteiger partial charge in [0, 0.05) is 24.7 Å². The third-order valence-corrected chi connectivity index (χ3v) is 5.22. The van der Waals surface area contributed by atoms with Gasteiger partial charge in [0.05, 0.1) is 21.5 Å². The van der Waals surface area contributed by atoms with Gasteiger partial charge >= 0.3 is 0 Å². The van der Waals surface area contributed by atoms with Crippen LogP contribution < -0.4 is 15.0 Å². The van der Waals surface area contributed by atoms with Gasteiger partial charge in [0.2, 0.25) is 5.91 Å². The van der Waals surface area contributed by atoms with Crippen LogP contribution in [0, 0.1) is 0 Å². The normalized spacial score (nSPS) is 14.2. The molecule has 1 N–H and O–H groups in total. The van der Waals surface area contributed by atoms with Gasteiger partial charge in [0.1, 0.15) is 5.75 Å². The van der Waals surface area contributed by atoms with E-state index >= 15 is 0 Å². The molecule has 1 aliphatic rings. The molecule has 2 heterocycles. The van der Waals surface area contributed by atoms with E-state index in [2.05, 4.69) is 21.2 Å². The standard InChI is InChI=1S/C16H15BrN2O3S/c1-22-12-9-10(18-16(21)13-6-7-14(17)23-13)4-5-11(12)19-8-2-3-15(19)20/h4-7,9H,2-3,8H2,1H3,(H,18,21). The van der Waals surface area contributed by atoms with E-state index in [1.807, 2.05) is 12.1 Å². The number of anilines is 2. The highest BCUT2D eigenvalue weighted by Crippen LogP contribution is 2.34. The minimum absolute atomic E-state index is 0.100. The van der Waals surface area contributed by atoms with Crippen LogP contribution >= 0.6 is 27.3 Å².